The Balaban J connectivity index is 2.54. The molecule has 0 spiro atoms. The van der Waals surface area contributed by atoms with E-state index in [1.165, 1.54) is 12.5 Å². The summed E-state index contributed by atoms with van der Waals surface area (Å²) in [5, 5.41) is 11.4. The van der Waals surface area contributed by atoms with Gasteiger partial charge in [-0.1, -0.05) is 13.3 Å². The van der Waals surface area contributed by atoms with Crippen LogP contribution in [0.25, 0.3) is 0 Å². The summed E-state index contributed by atoms with van der Waals surface area (Å²) < 4.78 is 4.78. The molecular formula is C11H15NO4. The molecule has 5 heteroatoms. The summed E-state index contributed by atoms with van der Waals surface area (Å²) in [6, 6.07) is 1.21. The Labute approximate surface area is 93.4 Å². The summed E-state index contributed by atoms with van der Waals surface area (Å²) in [5.74, 6) is -1.21. The fourth-order valence-electron chi connectivity index (χ4n) is 1.45. The molecule has 0 saturated heterocycles. The van der Waals surface area contributed by atoms with Crippen LogP contribution in [0.3, 0.4) is 0 Å². The smallest absolute Gasteiger partial charge is 0.305 e. The Kier molecular flexibility index (Phi) is 4.57. The first-order valence-electron chi connectivity index (χ1n) is 5.18. The van der Waals surface area contributed by atoms with Crippen molar-refractivity contribution < 1.29 is 19.1 Å². The molecule has 0 saturated carbocycles. The van der Waals surface area contributed by atoms with Crippen LogP contribution in [0.4, 0.5) is 0 Å². The molecule has 1 aromatic heterocycles. The number of aliphatic carboxylic acids is 1. The molecule has 1 amide bonds. The topological polar surface area (TPSA) is 79.5 Å². The van der Waals surface area contributed by atoms with Crippen molar-refractivity contribution in [3.05, 3.63) is 24.2 Å². The van der Waals surface area contributed by atoms with Crippen LogP contribution in [0.5, 0.6) is 0 Å². The highest BCUT2D eigenvalue weighted by atomic mass is 16.4. The maximum absolute atomic E-state index is 11.6. The first-order valence-corrected chi connectivity index (χ1v) is 5.18. The van der Waals surface area contributed by atoms with E-state index in [1.807, 2.05) is 6.92 Å². The SMILES string of the molecule is CCCC(CC(=O)O)NC(=O)c1ccoc1. The van der Waals surface area contributed by atoms with Gasteiger partial charge < -0.3 is 14.8 Å². The van der Waals surface area contributed by atoms with Crippen molar-refractivity contribution in [2.45, 2.75) is 32.2 Å². The third-order valence-corrected chi connectivity index (χ3v) is 2.18. The maximum atomic E-state index is 11.6. The summed E-state index contributed by atoms with van der Waals surface area (Å²) in [7, 11) is 0. The van der Waals surface area contributed by atoms with Gasteiger partial charge in [0.05, 0.1) is 18.2 Å². The van der Waals surface area contributed by atoms with E-state index in [1.54, 1.807) is 6.07 Å². The van der Waals surface area contributed by atoms with Gasteiger partial charge in [-0.15, -0.1) is 0 Å². The second-order valence-corrected chi connectivity index (χ2v) is 3.57. The Hall–Kier alpha value is -1.78. The van der Waals surface area contributed by atoms with Crippen LogP contribution in [-0.2, 0) is 4.79 Å². The lowest BCUT2D eigenvalue weighted by molar-refractivity contribution is -0.137. The molecule has 1 unspecified atom stereocenters. The summed E-state index contributed by atoms with van der Waals surface area (Å²) in [5.41, 5.74) is 0.409. The van der Waals surface area contributed by atoms with E-state index in [0.717, 1.165) is 6.42 Å². The highest BCUT2D eigenvalue weighted by molar-refractivity contribution is 5.94. The minimum Gasteiger partial charge on any atom is -0.481 e. The lowest BCUT2D eigenvalue weighted by Crippen LogP contribution is -2.36. The quantitative estimate of drug-likeness (QED) is 0.771. The minimum absolute atomic E-state index is 0.0581. The van der Waals surface area contributed by atoms with Gasteiger partial charge in [-0.25, -0.2) is 0 Å². The van der Waals surface area contributed by atoms with Crippen LogP contribution in [0.1, 0.15) is 36.5 Å². The lowest BCUT2D eigenvalue weighted by atomic mass is 10.1. The van der Waals surface area contributed by atoms with Crippen LogP contribution in [-0.4, -0.2) is 23.0 Å². The molecular weight excluding hydrogens is 210 g/mol. The molecule has 0 aliphatic heterocycles. The molecule has 2 N–H and O–H groups in total. The van der Waals surface area contributed by atoms with E-state index in [2.05, 4.69) is 5.32 Å². The lowest BCUT2D eigenvalue weighted by Gasteiger charge is -2.15. The zero-order valence-electron chi connectivity index (χ0n) is 9.10. The van der Waals surface area contributed by atoms with Crippen LogP contribution in [0.2, 0.25) is 0 Å². The van der Waals surface area contributed by atoms with Gasteiger partial charge in [0.2, 0.25) is 0 Å². The first-order chi connectivity index (χ1) is 7.63. The average Bonchev–Trinajstić information content (AvgIpc) is 2.69. The highest BCUT2D eigenvalue weighted by Gasteiger charge is 2.16. The van der Waals surface area contributed by atoms with Gasteiger partial charge in [0.15, 0.2) is 0 Å². The second kappa shape index (κ2) is 5.95. The molecule has 0 radical (unpaired) electrons. The number of nitrogens with one attached hydrogen (secondary N) is 1. The van der Waals surface area contributed by atoms with Crippen molar-refractivity contribution >= 4 is 11.9 Å². The summed E-state index contributed by atoms with van der Waals surface area (Å²) in [6.07, 6.45) is 4.15. The first kappa shape index (κ1) is 12.3. The minimum atomic E-state index is -0.911. The van der Waals surface area contributed by atoms with E-state index in [4.69, 9.17) is 9.52 Å². The van der Waals surface area contributed by atoms with Crippen LogP contribution in [0, 0.1) is 0 Å². The highest BCUT2D eigenvalue weighted by Crippen LogP contribution is 2.05. The van der Waals surface area contributed by atoms with Crippen molar-refractivity contribution in [1.29, 1.82) is 0 Å². The molecule has 0 aliphatic carbocycles. The molecule has 5 nitrogen and oxygen atoms in total. The Morgan fingerprint density at radius 2 is 2.31 bits per heavy atom. The standard InChI is InChI=1S/C11H15NO4/c1-2-3-9(6-10(13)14)12-11(15)8-4-5-16-7-8/h4-5,7,9H,2-3,6H2,1H3,(H,12,15)(H,13,14). The Bertz CT molecular complexity index is 345. The van der Waals surface area contributed by atoms with Crippen molar-refractivity contribution in [2.24, 2.45) is 0 Å². The van der Waals surface area contributed by atoms with Crippen molar-refractivity contribution in [3.63, 3.8) is 0 Å². The zero-order chi connectivity index (χ0) is 12.0. The largest absolute Gasteiger partial charge is 0.481 e. The van der Waals surface area contributed by atoms with E-state index in [-0.39, 0.29) is 18.4 Å². The van der Waals surface area contributed by atoms with Crippen molar-refractivity contribution in [3.8, 4) is 0 Å². The Morgan fingerprint density at radius 3 is 2.81 bits per heavy atom. The van der Waals surface area contributed by atoms with Gasteiger partial charge in [-0.3, -0.25) is 9.59 Å². The average molecular weight is 225 g/mol. The van der Waals surface area contributed by atoms with Gasteiger partial charge in [0, 0.05) is 6.04 Å². The van der Waals surface area contributed by atoms with E-state index < -0.39 is 5.97 Å². The molecule has 88 valence electrons. The number of carbonyl (C=O) groups is 2. The van der Waals surface area contributed by atoms with E-state index in [9.17, 15) is 9.59 Å². The number of carboxylic acids is 1. The molecule has 16 heavy (non-hydrogen) atoms. The molecule has 1 rings (SSSR count). The molecule has 0 aliphatic rings. The summed E-state index contributed by atoms with van der Waals surface area (Å²) in [4.78, 5) is 22.2. The predicted molar refractivity (Wildman–Crippen MR) is 57.1 cm³/mol. The predicted octanol–water partition coefficient (Wildman–Crippen LogP) is 1.65. The number of amides is 1. The number of rotatable bonds is 6. The summed E-state index contributed by atoms with van der Waals surface area (Å²) in [6.45, 7) is 1.94. The van der Waals surface area contributed by atoms with Crippen LogP contribution in [0.15, 0.2) is 23.0 Å². The molecule has 0 aromatic carbocycles. The van der Waals surface area contributed by atoms with Gasteiger partial charge >= 0.3 is 5.97 Å². The fraction of sp³-hybridized carbons (Fsp3) is 0.455. The van der Waals surface area contributed by atoms with Crippen LogP contribution < -0.4 is 5.32 Å². The number of hydrogen-bond donors (Lipinski definition) is 2. The van der Waals surface area contributed by atoms with E-state index in [0.29, 0.717) is 12.0 Å². The number of furan rings is 1. The second-order valence-electron chi connectivity index (χ2n) is 3.57. The summed E-state index contributed by atoms with van der Waals surface area (Å²) >= 11 is 0. The number of carbonyl (C=O) groups excluding carboxylic acids is 1. The molecule has 1 atom stereocenters. The zero-order valence-corrected chi connectivity index (χ0v) is 9.10. The van der Waals surface area contributed by atoms with Gasteiger partial charge in [0.25, 0.3) is 5.91 Å². The van der Waals surface area contributed by atoms with Gasteiger partial charge in [-0.2, -0.15) is 0 Å². The van der Waals surface area contributed by atoms with Crippen molar-refractivity contribution in [2.75, 3.05) is 0 Å². The normalized spacial score (nSPS) is 12.1. The van der Waals surface area contributed by atoms with Gasteiger partial charge in [0.1, 0.15) is 6.26 Å². The molecule has 0 bridgehead atoms. The van der Waals surface area contributed by atoms with Crippen molar-refractivity contribution in [1.82, 2.24) is 5.32 Å². The fourth-order valence-corrected chi connectivity index (χ4v) is 1.45. The third kappa shape index (κ3) is 3.76. The monoisotopic (exact) mass is 225 g/mol. The molecule has 1 heterocycles. The molecule has 1 aromatic rings. The van der Waals surface area contributed by atoms with E-state index >= 15 is 0 Å². The number of carboxylic acid groups (broad SMARTS) is 1. The van der Waals surface area contributed by atoms with Crippen LogP contribution >= 0.6 is 0 Å². The molecule has 0 fully saturated rings. The maximum Gasteiger partial charge on any atom is 0.305 e. The number of hydrogen-bond acceptors (Lipinski definition) is 3. The third-order valence-electron chi connectivity index (χ3n) is 2.18. The van der Waals surface area contributed by atoms with Gasteiger partial charge in [-0.05, 0) is 12.5 Å². The Morgan fingerprint density at radius 1 is 1.56 bits per heavy atom.